The summed E-state index contributed by atoms with van der Waals surface area (Å²) in [6.07, 6.45) is -4.43. The average Bonchev–Trinajstić information content (AvgIpc) is 3.23. The number of alkyl halides is 3. The molecule has 14 heteroatoms. The molecule has 0 aliphatic carbocycles. The zero-order valence-corrected chi connectivity index (χ0v) is 18.6. The molecule has 2 atom stereocenters. The number of aromatic nitrogens is 3. The Morgan fingerprint density at radius 3 is 2.50 bits per heavy atom. The number of pyridine rings is 3. The molecule has 1 fully saturated rings. The van der Waals surface area contributed by atoms with Crippen LogP contribution in [0, 0.1) is 17.5 Å². The smallest absolute Gasteiger partial charge is 0.391 e. The summed E-state index contributed by atoms with van der Waals surface area (Å²) in [7, 11) is 0. The number of hydrogen-bond donors (Lipinski definition) is 2. The highest BCUT2D eigenvalue weighted by Gasteiger charge is 2.40. The molecule has 8 nitrogen and oxygen atoms in total. The molecule has 1 saturated heterocycles. The average molecular weight is 515 g/mol. The number of rotatable bonds is 5. The fourth-order valence-corrected chi connectivity index (χ4v) is 3.93. The Balaban J connectivity index is 1.95. The minimum absolute atomic E-state index is 0.0269. The topological polar surface area (TPSA) is 100 Å². The Bertz CT molecular complexity index is 1390. The number of amides is 1. The van der Waals surface area contributed by atoms with Gasteiger partial charge in [0.1, 0.15) is 17.4 Å². The molecule has 1 amide bonds. The highest BCUT2D eigenvalue weighted by molar-refractivity contribution is 5.97. The maximum atomic E-state index is 15.0. The van der Waals surface area contributed by atoms with Crippen LogP contribution in [0.15, 0.2) is 29.3 Å². The number of halogens is 6. The number of β-amino-alcohol motifs (C(OH)–C–C–N with tert-alkyl or cyclic N) is 1. The van der Waals surface area contributed by atoms with E-state index in [1.165, 1.54) is 11.8 Å². The third kappa shape index (κ3) is 4.72. The highest BCUT2D eigenvalue weighted by atomic mass is 19.4. The molecule has 1 aliphatic heterocycles. The lowest BCUT2D eigenvalue weighted by Gasteiger charge is -2.21. The van der Waals surface area contributed by atoms with Crippen LogP contribution in [0.5, 0.6) is 0 Å². The molecule has 0 radical (unpaired) electrons. The molecule has 4 heterocycles. The van der Waals surface area contributed by atoms with Gasteiger partial charge in [-0.1, -0.05) is 6.92 Å². The van der Waals surface area contributed by atoms with E-state index in [1.54, 1.807) is 5.32 Å². The maximum Gasteiger partial charge on any atom is 0.408 e. The SMILES string of the molecule is CCC(NC(=O)c1cn(-c2ncc(F)cc2F)c2nc(N3CC[C@H](O)C3)c(F)cc2c1=O)C(F)(F)F. The normalized spacial score (nSPS) is 17.0. The van der Waals surface area contributed by atoms with Crippen molar-refractivity contribution < 1.29 is 36.2 Å². The molecule has 0 saturated carbocycles. The van der Waals surface area contributed by atoms with Gasteiger partial charge in [0.2, 0.25) is 5.43 Å². The van der Waals surface area contributed by atoms with Crippen LogP contribution in [0.25, 0.3) is 16.9 Å². The minimum atomic E-state index is -4.81. The maximum absolute atomic E-state index is 15.0. The minimum Gasteiger partial charge on any atom is -0.391 e. The molecule has 0 aromatic carbocycles. The first-order valence-electron chi connectivity index (χ1n) is 10.8. The number of nitrogens with zero attached hydrogens (tertiary/aromatic N) is 4. The van der Waals surface area contributed by atoms with Crippen LogP contribution in [0.1, 0.15) is 30.1 Å². The standard InChI is InChI=1S/C22H19F6N5O3/c1-2-16(22(26,27)28)30-21(36)13-9-33(19-14(24)5-10(23)7-29-19)18-12(17(13)35)6-15(25)20(31-18)32-4-3-11(34)8-32/h5-7,9,11,16,34H,2-4,8H2,1H3,(H,30,36)/t11-,16?/m0/s1. The summed E-state index contributed by atoms with van der Waals surface area (Å²) in [5.74, 6) is -5.64. The molecule has 1 aliphatic rings. The van der Waals surface area contributed by atoms with Gasteiger partial charge >= 0.3 is 6.18 Å². The summed E-state index contributed by atoms with van der Waals surface area (Å²) in [5, 5.41) is 10.9. The molecule has 0 spiro atoms. The first-order valence-corrected chi connectivity index (χ1v) is 10.8. The monoisotopic (exact) mass is 515 g/mol. The van der Waals surface area contributed by atoms with Crippen molar-refractivity contribution in [2.24, 2.45) is 0 Å². The van der Waals surface area contributed by atoms with E-state index in [0.29, 0.717) is 18.7 Å². The van der Waals surface area contributed by atoms with E-state index >= 15 is 0 Å². The van der Waals surface area contributed by atoms with Gasteiger partial charge in [-0.25, -0.2) is 23.1 Å². The van der Waals surface area contributed by atoms with Gasteiger partial charge in [-0.3, -0.25) is 14.2 Å². The highest BCUT2D eigenvalue weighted by Crippen LogP contribution is 2.27. The Labute approximate surface area is 199 Å². The molecule has 4 rings (SSSR count). The summed E-state index contributed by atoms with van der Waals surface area (Å²) < 4.78 is 83.4. The van der Waals surface area contributed by atoms with Crippen LogP contribution in [0.3, 0.4) is 0 Å². The summed E-state index contributed by atoms with van der Waals surface area (Å²) in [6, 6.07) is -1.10. The van der Waals surface area contributed by atoms with E-state index in [0.717, 1.165) is 16.8 Å². The fraction of sp³-hybridized carbons (Fsp3) is 0.364. The predicted octanol–water partition coefficient (Wildman–Crippen LogP) is 2.84. The van der Waals surface area contributed by atoms with E-state index in [-0.39, 0.29) is 24.6 Å². The van der Waals surface area contributed by atoms with E-state index in [9.17, 15) is 41.0 Å². The zero-order chi connectivity index (χ0) is 26.4. The third-order valence-electron chi connectivity index (χ3n) is 5.75. The van der Waals surface area contributed by atoms with Crippen LogP contribution in [-0.4, -0.2) is 57.0 Å². The van der Waals surface area contributed by atoms with Gasteiger partial charge in [-0.05, 0) is 18.9 Å². The van der Waals surface area contributed by atoms with Crippen LogP contribution >= 0.6 is 0 Å². The van der Waals surface area contributed by atoms with Crippen molar-refractivity contribution in [1.29, 1.82) is 0 Å². The number of carbonyl (C=O) groups excluding carboxylic acids is 1. The lowest BCUT2D eigenvalue weighted by Crippen LogP contribution is -2.46. The van der Waals surface area contributed by atoms with Gasteiger partial charge in [-0.2, -0.15) is 13.2 Å². The molecule has 192 valence electrons. The molecule has 3 aromatic heterocycles. The van der Waals surface area contributed by atoms with Crippen molar-refractivity contribution in [3.05, 3.63) is 57.8 Å². The first-order chi connectivity index (χ1) is 16.9. The van der Waals surface area contributed by atoms with Crippen LogP contribution in [0.2, 0.25) is 0 Å². The van der Waals surface area contributed by atoms with Gasteiger partial charge in [0.15, 0.2) is 28.9 Å². The molecule has 0 bridgehead atoms. The van der Waals surface area contributed by atoms with Crippen molar-refractivity contribution in [1.82, 2.24) is 19.9 Å². The van der Waals surface area contributed by atoms with Gasteiger partial charge in [-0.15, -0.1) is 0 Å². The van der Waals surface area contributed by atoms with Crippen molar-refractivity contribution in [2.45, 2.75) is 38.1 Å². The molecular weight excluding hydrogens is 496 g/mol. The second-order valence-corrected chi connectivity index (χ2v) is 8.23. The second-order valence-electron chi connectivity index (χ2n) is 8.23. The number of aliphatic hydroxyl groups is 1. The molecule has 1 unspecified atom stereocenters. The van der Waals surface area contributed by atoms with Crippen LogP contribution in [-0.2, 0) is 0 Å². The number of carbonyl (C=O) groups is 1. The quantitative estimate of drug-likeness (QED) is 0.507. The van der Waals surface area contributed by atoms with Crippen molar-refractivity contribution in [3.63, 3.8) is 0 Å². The Morgan fingerprint density at radius 2 is 1.92 bits per heavy atom. The summed E-state index contributed by atoms with van der Waals surface area (Å²) in [4.78, 5) is 34.9. The number of hydrogen-bond acceptors (Lipinski definition) is 6. The molecular formula is C22H19F6N5O3. The lowest BCUT2D eigenvalue weighted by atomic mass is 10.1. The third-order valence-corrected chi connectivity index (χ3v) is 5.75. The number of nitrogens with one attached hydrogen (secondary N) is 1. The van der Waals surface area contributed by atoms with Crippen molar-refractivity contribution in [3.8, 4) is 5.82 Å². The number of anilines is 1. The van der Waals surface area contributed by atoms with Gasteiger partial charge < -0.3 is 15.3 Å². The fourth-order valence-electron chi connectivity index (χ4n) is 3.93. The Morgan fingerprint density at radius 1 is 1.22 bits per heavy atom. The predicted molar refractivity (Wildman–Crippen MR) is 115 cm³/mol. The lowest BCUT2D eigenvalue weighted by molar-refractivity contribution is -0.153. The van der Waals surface area contributed by atoms with Crippen molar-refractivity contribution in [2.75, 3.05) is 18.0 Å². The van der Waals surface area contributed by atoms with E-state index < -0.39 is 70.3 Å². The van der Waals surface area contributed by atoms with E-state index in [2.05, 4.69) is 9.97 Å². The first kappa shape index (κ1) is 25.4. The number of aliphatic hydroxyl groups excluding tert-OH is 1. The molecule has 36 heavy (non-hydrogen) atoms. The van der Waals surface area contributed by atoms with Gasteiger partial charge in [0.25, 0.3) is 5.91 Å². The Hall–Kier alpha value is -3.68. The van der Waals surface area contributed by atoms with Gasteiger partial charge in [0, 0.05) is 25.4 Å². The van der Waals surface area contributed by atoms with E-state index in [4.69, 9.17) is 0 Å². The summed E-state index contributed by atoms with van der Waals surface area (Å²) >= 11 is 0. The molecule has 3 aromatic rings. The zero-order valence-electron chi connectivity index (χ0n) is 18.6. The molecule has 2 N–H and O–H groups in total. The summed E-state index contributed by atoms with van der Waals surface area (Å²) in [5.41, 5.74) is -2.39. The van der Waals surface area contributed by atoms with E-state index in [1.807, 2.05) is 0 Å². The Kier molecular flexibility index (Phi) is 6.64. The van der Waals surface area contributed by atoms with Crippen molar-refractivity contribution >= 4 is 22.8 Å². The summed E-state index contributed by atoms with van der Waals surface area (Å²) in [6.45, 7) is 1.42. The van der Waals surface area contributed by atoms with Crippen LogP contribution < -0.4 is 15.6 Å². The van der Waals surface area contributed by atoms with Gasteiger partial charge in [0.05, 0.1) is 17.7 Å². The second kappa shape index (κ2) is 9.41. The number of fused-ring (bicyclic) bond motifs is 1. The van der Waals surface area contributed by atoms with Crippen LogP contribution in [0.4, 0.5) is 32.2 Å². The largest absolute Gasteiger partial charge is 0.408 e.